The van der Waals surface area contributed by atoms with Crippen LogP contribution in [0, 0.1) is 15.9 Å². The van der Waals surface area contributed by atoms with Crippen LogP contribution < -0.4 is 5.43 Å². The maximum absolute atomic E-state index is 14.4. The first kappa shape index (κ1) is 26.2. The van der Waals surface area contributed by atoms with Crippen LogP contribution in [0.4, 0.5) is 10.1 Å². The number of halogens is 3. The van der Waals surface area contributed by atoms with E-state index in [1.807, 2.05) is 0 Å². The van der Waals surface area contributed by atoms with E-state index >= 15 is 0 Å². The predicted octanol–water partition coefficient (Wildman–Crippen LogP) is 4.38. The summed E-state index contributed by atoms with van der Waals surface area (Å²) in [5, 5.41) is 15.1. The Hall–Kier alpha value is -3.38. The average molecular weight is 539 g/mol. The highest BCUT2D eigenvalue weighted by Gasteiger charge is 2.28. The summed E-state index contributed by atoms with van der Waals surface area (Å²) in [7, 11) is -4.29. The van der Waals surface area contributed by atoms with Gasteiger partial charge >= 0.3 is 0 Å². The zero-order chi connectivity index (χ0) is 25.6. The molecule has 1 amide bonds. The molecule has 0 bridgehead atoms. The molecule has 3 aromatic rings. The van der Waals surface area contributed by atoms with Crippen molar-refractivity contribution in [2.75, 3.05) is 6.54 Å². The highest BCUT2D eigenvalue weighted by molar-refractivity contribution is 7.89. The highest BCUT2D eigenvalue weighted by atomic mass is 35.5. The van der Waals surface area contributed by atoms with Crippen molar-refractivity contribution in [3.05, 3.63) is 104 Å². The molecule has 13 heteroatoms. The van der Waals surface area contributed by atoms with Crippen LogP contribution in [0.3, 0.4) is 0 Å². The van der Waals surface area contributed by atoms with Crippen LogP contribution in [-0.2, 0) is 21.4 Å². The zero-order valence-corrected chi connectivity index (χ0v) is 20.1. The van der Waals surface area contributed by atoms with Crippen molar-refractivity contribution in [3.8, 4) is 0 Å². The second kappa shape index (κ2) is 11.4. The number of nitro groups is 1. The Morgan fingerprint density at radius 3 is 2.43 bits per heavy atom. The molecule has 182 valence electrons. The van der Waals surface area contributed by atoms with Crippen molar-refractivity contribution in [2.45, 2.75) is 11.4 Å². The fourth-order valence-corrected chi connectivity index (χ4v) is 4.69. The minimum atomic E-state index is -4.29. The number of rotatable bonds is 9. The quantitative estimate of drug-likeness (QED) is 0.246. The topological polar surface area (TPSA) is 122 Å². The number of carbonyl (C=O) groups excluding carboxylic acids is 1. The van der Waals surface area contributed by atoms with Crippen LogP contribution in [0.2, 0.25) is 10.0 Å². The van der Waals surface area contributed by atoms with E-state index in [-0.39, 0.29) is 26.7 Å². The number of sulfonamides is 1. The molecule has 0 aliphatic rings. The molecule has 0 aliphatic carbocycles. The van der Waals surface area contributed by atoms with Gasteiger partial charge in [-0.15, -0.1) is 0 Å². The lowest BCUT2D eigenvalue weighted by Gasteiger charge is -2.22. The zero-order valence-electron chi connectivity index (χ0n) is 17.8. The van der Waals surface area contributed by atoms with Gasteiger partial charge in [-0.1, -0.05) is 41.4 Å². The molecule has 9 nitrogen and oxygen atoms in total. The second-order valence-electron chi connectivity index (χ2n) is 7.04. The maximum atomic E-state index is 14.4. The third-order valence-electron chi connectivity index (χ3n) is 4.69. The van der Waals surface area contributed by atoms with E-state index in [2.05, 4.69) is 10.5 Å². The Balaban J connectivity index is 1.86. The number of benzene rings is 3. The minimum Gasteiger partial charge on any atom is -0.272 e. The van der Waals surface area contributed by atoms with Gasteiger partial charge in [-0.2, -0.15) is 9.41 Å². The predicted molar refractivity (Wildman–Crippen MR) is 129 cm³/mol. The molecule has 3 rings (SSSR count). The molecule has 0 aromatic heterocycles. The summed E-state index contributed by atoms with van der Waals surface area (Å²) in [5.74, 6) is -1.62. The summed E-state index contributed by atoms with van der Waals surface area (Å²) in [4.78, 5) is 22.8. The van der Waals surface area contributed by atoms with Gasteiger partial charge in [0.2, 0.25) is 10.0 Å². The molecule has 0 saturated carbocycles. The summed E-state index contributed by atoms with van der Waals surface area (Å²) in [6.07, 6.45) is 1.06. The fraction of sp³-hybridized carbons (Fsp3) is 0.0909. The number of nitrogens with zero attached hydrogens (tertiary/aromatic N) is 3. The molecular formula is C22H17Cl2FN4O5S. The third-order valence-corrected chi connectivity index (χ3v) is 7.11. The molecule has 1 N–H and O–H groups in total. The number of hydrogen-bond donors (Lipinski definition) is 1. The van der Waals surface area contributed by atoms with E-state index < -0.39 is 39.8 Å². The lowest BCUT2D eigenvalue weighted by Crippen LogP contribution is -2.39. The molecule has 0 radical (unpaired) electrons. The number of carbonyl (C=O) groups is 1. The maximum Gasteiger partial charge on any atom is 0.278 e. The summed E-state index contributed by atoms with van der Waals surface area (Å²) >= 11 is 11.9. The minimum absolute atomic E-state index is 0.0175. The molecule has 0 saturated heterocycles. The van der Waals surface area contributed by atoms with Crippen molar-refractivity contribution < 1.29 is 22.5 Å². The molecule has 0 aliphatic heterocycles. The summed E-state index contributed by atoms with van der Waals surface area (Å²) in [5.41, 5.74) is 1.90. The highest BCUT2D eigenvalue weighted by Crippen LogP contribution is 2.25. The molecule has 35 heavy (non-hydrogen) atoms. The second-order valence-corrected chi connectivity index (χ2v) is 9.82. The number of hydrogen-bond acceptors (Lipinski definition) is 6. The molecule has 0 fully saturated rings. The lowest BCUT2D eigenvalue weighted by molar-refractivity contribution is -0.385. The monoisotopic (exact) mass is 538 g/mol. The number of nitrogens with one attached hydrogen (secondary N) is 1. The van der Waals surface area contributed by atoms with Crippen LogP contribution in [-0.4, -0.2) is 36.3 Å². The van der Waals surface area contributed by atoms with Gasteiger partial charge in [-0.05, 0) is 42.5 Å². The van der Waals surface area contributed by atoms with Gasteiger partial charge in [0.25, 0.3) is 11.6 Å². The van der Waals surface area contributed by atoms with E-state index in [4.69, 9.17) is 23.2 Å². The van der Waals surface area contributed by atoms with E-state index in [1.54, 1.807) is 6.07 Å². The van der Waals surface area contributed by atoms with Crippen LogP contribution in [0.5, 0.6) is 0 Å². The third kappa shape index (κ3) is 6.61. The number of amides is 1. The standard InChI is InChI=1S/C22H17Cl2FN4O5S/c23-16-8-10-17(11-9-16)35(33,34)28(13-18-19(24)5-3-6-20(18)25)14-22(30)27-26-12-15-4-1-2-7-21(15)29(31)32/h1-12H,13-14H2,(H,27,30)/b26-12+. The van der Waals surface area contributed by atoms with Gasteiger partial charge in [0, 0.05) is 28.2 Å². The molecular weight excluding hydrogens is 522 g/mol. The Morgan fingerprint density at radius 1 is 1.09 bits per heavy atom. The molecule has 0 heterocycles. The smallest absolute Gasteiger partial charge is 0.272 e. The van der Waals surface area contributed by atoms with E-state index in [9.17, 15) is 27.7 Å². The SMILES string of the molecule is O=C(CN(Cc1c(F)cccc1Cl)S(=O)(=O)c1ccc(Cl)cc1)N/N=C/c1ccccc1[N+](=O)[O-]. The number of hydrazone groups is 1. The van der Waals surface area contributed by atoms with Crippen LogP contribution >= 0.6 is 23.2 Å². The van der Waals surface area contributed by atoms with Gasteiger partial charge in [0.15, 0.2) is 0 Å². The fourth-order valence-electron chi connectivity index (χ4n) is 2.97. The summed E-state index contributed by atoms with van der Waals surface area (Å²) < 4.78 is 41.6. The van der Waals surface area contributed by atoms with Crippen LogP contribution in [0.15, 0.2) is 76.7 Å². The van der Waals surface area contributed by atoms with Gasteiger partial charge in [0.05, 0.1) is 28.1 Å². The van der Waals surface area contributed by atoms with Gasteiger partial charge in [-0.3, -0.25) is 14.9 Å². The van der Waals surface area contributed by atoms with Crippen molar-refractivity contribution >= 4 is 51.0 Å². The average Bonchev–Trinajstić information content (AvgIpc) is 2.81. The van der Waals surface area contributed by atoms with Crippen molar-refractivity contribution in [3.63, 3.8) is 0 Å². The first-order valence-corrected chi connectivity index (χ1v) is 12.0. The molecule has 0 unspecified atom stereocenters. The summed E-state index contributed by atoms with van der Waals surface area (Å²) in [6, 6.07) is 14.8. The summed E-state index contributed by atoms with van der Waals surface area (Å²) in [6.45, 7) is -1.29. The van der Waals surface area contributed by atoms with Crippen LogP contribution in [0.1, 0.15) is 11.1 Å². The normalized spacial score (nSPS) is 11.7. The van der Waals surface area contributed by atoms with Gasteiger partial charge in [0.1, 0.15) is 5.82 Å². The van der Waals surface area contributed by atoms with E-state index in [1.165, 1.54) is 54.6 Å². The van der Waals surface area contributed by atoms with Crippen molar-refractivity contribution in [1.29, 1.82) is 0 Å². The Morgan fingerprint density at radius 2 is 1.77 bits per heavy atom. The largest absolute Gasteiger partial charge is 0.278 e. The lowest BCUT2D eigenvalue weighted by atomic mass is 10.2. The van der Waals surface area contributed by atoms with E-state index in [0.29, 0.717) is 5.02 Å². The van der Waals surface area contributed by atoms with Gasteiger partial charge in [-0.25, -0.2) is 18.2 Å². The number of nitro benzene ring substituents is 1. The Bertz CT molecular complexity index is 1360. The van der Waals surface area contributed by atoms with Crippen molar-refractivity contribution in [1.82, 2.24) is 9.73 Å². The van der Waals surface area contributed by atoms with Crippen molar-refractivity contribution in [2.24, 2.45) is 5.10 Å². The molecule has 0 atom stereocenters. The van der Waals surface area contributed by atoms with Crippen LogP contribution in [0.25, 0.3) is 0 Å². The first-order valence-electron chi connectivity index (χ1n) is 9.83. The number of para-hydroxylation sites is 1. The molecule has 3 aromatic carbocycles. The van der Waals surface area contributed by atoms with Gasteiger partial charge < -0.3 is 0 Å². The Kier molecular flexibility index (Phi) is 8.52. The first-order chi connectivity index (χ1) is 16.6. The molecule has 0 spiro atoms. The van der Waals surface area contributed by atoms with E-state index in [0.717, 1.165) is 16.6 Å². The Labute approximate surface area is 210 Å².